The average Bonchev–Trinajstić information content (AvgIpc) is 2.38. The molecule has 0 bridgehead atoms. The van der Waals surface area contributed by atoms with Crippen molar-refractivity contribution in [3.63, 3.8) is 0 Å². The molecule has 0 heterocycles. The molecule has 5 nitrogen and oxygen atoms in total. The second-order valence-corrected chi connectivity index (χ2v) is 5.38. The van der Waals surface area contributed by atoms with E-state index in [1.807, 2.05) is 25.1 Å². The number of hydrogen-bond donors (Lipinski definition) is 2. The Morgan fingerprint density at radius 1 is 1.35 bits per heavy atom. The van der Waals surface area contributed by atoms with E-state index in [-0.39, 0.29) is 5.92 Å². The van der Waals surface area contributed by atoms with E-state index in [4.69, 9.17) is 20.3 Å². The average molecular weight is 281 g/mol. The van der Waals surface area contributed by atoms with Gasteiger partial charge in [-0.15, -0.1) is 0 Å². The molecule has 0 amide bonds. The molecule has 1 rings (SSSR count). The van der Waals surface area contributed by atoms with Gasteiger partial charge in [-0.05, 0) is 37.8 Å². The van der Waals surface area contributed by atoms with Gasteiger partial charge in [0.05, 0.1) is 14.2 Å². The lowest BCUT2D eigenvalue weighted by Crippen LogP contribution is -2.46. The third kappa shape index (κ3) is 3.87. The lowest BCUT2D eigenvalue weighted by atomic mass is 9.87. The second kappa shape index (κ2) is 6.61. The van der Waals surface area contributed by atoms with Crippen LogP contribution in [-0.4, -0.2) is 30.8 Å². The molecule has 0 fully saturated rings. The first-order chi connectivity index (χ1) is 9.31. The van der Waals surface area contributed by atoms with Crippen molar-refractivity contribution in [1.82, 2.24) is 0 Å². The monoisotopic (exact) mass is 281 g/mol. The lowest BCUT2D eigenvalue weighted by Gasteiger charge is -2.24. The van der Waals surface area contributed by atoms with Crippen molar-refractivity contribution in [3.8, 4) is 11.5 Å². The first-order valence-electron chi connectivity index (χ1n) is 6.54. The number of carboxylic acids is 1. The van der Waals surface area contributed by atoms with E-state index < -0.39 is 11.5 Å². The SMILES string of the molecule is COc1cccc(OC)c1CC(C)CC(C)(N)C(=O)O. The van der Waals surface area contributed by atoms with Crippen LogP contribution in [0.25, 0.3) is 0 Å². The van der Waals surface area contributed by atoms with Crippen molar-refractivity contribution >= 4 is 5.97 Å². The zero-order chi connectivity index (χ0) is 15.3. The van der Waals surface area contributed by atoms with Crippen LogP contribution in [0.3, 0.4) is 0 Å². The van der Waals surface area contributed by atoms with Gasteiger partial charge in [0.1, 0.15) is 17.0 Å². The molecular formula is C15H23NO4. The van der Waals surface area contributed by atoms with Crippen LogP contribution in [0, 0.1) is 5.92 Å². The molecular weight excluding hydrogens is 258 g/mol. The summed E-state index contributed by atoms with van der Waals surface area (Å²) in [5.74, 6) is 0.582. The van der Waals surface area contributed by atoms with Crippen LogP contribution < -0.4 is 15.2 Å². The van der Waals surface area contributed by atoms with Crippen LogP contribution in [0.4, 0.5) is 0 Å². The highest BCUT2D eigenvalue weighted by Gasteiger charge is 2.30. The van der Waals surface area contributed by atoms with Crippen molar-refractivity contribution in [1.29, 1.82) is 0 Å². The first-order valence-corrected chi connectivity index (χ1v) is 6.54. The first kappa shape index (κ1) is 16.3. The van der Waals surface area contributed by atoms with E-state index >= 15 is 0 Å². The Morgan fingerprint density at radius 2 is 1.85 bits per heavy atom. The lowest BCUT2D eigenvalue weighted by molar-refractivity contribution is -0.143. The number of methoxy groups -OCH3 is 2. The smallest absolute Gasteiger partial charge is 0.323 e. The maximum atomic E-state index is 11.1. The number of carbonyl (C=O) groups is 1. The van der Waals surface area contributed by atoms with E-state index in [0.29, 0.717) is 12.8 Å². The van der Waals surface area contributed by atoms with Gasteiger partial charge in [-0.2, -0.15) is 0 Å². The number of carboxylic acid groups (broad SMARTS) is 1. The van der Waals surface area contributed by atoms with Crippen LogP contribution in [0.1, 0.15) is 25.8 Å². The van der Waals surface area contributed by atoms with Gasteiger partial charge in [0, 0.05) is 5.56 Å². The highest BCUT2D eigenvalue weighted by molar-refractivity contribution is 5.77. The molecule has 2 atom stereocenters. The number of rotatable bonds is 7. The Labute approximate surface area is 119 Å². The molecule has 0 radical (unpaired) electrons. The fourth-order valence-corrected chi connectivity index (χ4v) is 2.36. The molecule has 0 aromatic heterocycles. The number of hydrogen-bond acceptors (Lipinski definition) is 4. The van der Waals surface area contributed by atoms with Gasteiger partial charge in [-0.1, -0.05) is 13.0 Å². The maximum absolute atomic E-state index is 11.1. The predicted octanol–water partition coefficient (Wildman–Crippen LogP) is 2.07. The minimum Gasteiger partial charge on any atom is -0.496 e. The van der Waals surface area contributed by atoms with E-state index in [1.165, 1.54) is 6.92 Å². The summed E-state index contributed by atoms with van der Waals surface area (Å²) in [5, 5.41) is 9.08. The zero-order valence-electron chi connectivity index (χ0n) is 12.5. The number of benzene rings is 1. The van der Waals surface area contributed by atoms with Gasteiger partial charge in [0.2, 0.25) is 0 Å². The molecule has 0 aliphatic rings. The van der Waals surface area contributed by atoms with Crippen molar-refractivity contribution in [2.75, 3.05) is 14.2 Å². The summed E-state index contributed by atoms with van der Waals surface area (Å²) in [5.41, 5.74) is 5.50. The Kier molecular flexibility index (Phi) is 5.39. The van der Waals surface area contributed by atoms with Crippen LogP contribution in [0.5, 0.6) is 11.5 Å². The normalized spacial score (nSPS) is 15.2. The molecule has 0 spiro atoms. The summed E-state index contributed by atoms with van der Waals surface area (Å²) in [6.07, 6.45) is 1.02. The molecule has 20 heavy (non-hydrogen) atoms. The largest absolute Gasteiger partial charge is 0.496 e. The summed E-state index contributed by atoms with van der Waals surface area (Å²) in [6.45, 7) is 3.51. The van der Waals surface area contributed by atoms with E-state index in [9.17, 15) is 4.79 Å². The fraction of sp³-hybridized carbons (Fsp3) is 0.533. The maximum Gasteiger partial charge on any atom is 0.323 e. The van der Waals surface area contributed by atoms with Gasteiger partial charge < -0.3 is 20.3 Å². The van der Waals surface area contributed by atoms with Crippen LogP contribution in [-0.2, 0) is 11.2 Å². The molecule has 0 saturated carbocycles. The Hall–Kier alpha value is -1.75. The molecule has 2 unspecified atom stereocenters. The number of ether oxygens (including phenoxy) is 2. The summed E-state index contributed by atoms with van der Waals surface area (Å²) in [6, 6.07) is 5.59. The minimum atomic E-state index is -1.23. The van der Waals surface area contributed by atoms with Gasteiger partial charge in [-0.25, -0.2) is 0 Å². The van der Waals surface area contributed by atoms with Crippen LogP contribution in [0.2, 0.25) is 0 Å². The summed E-state index contributed by atoms with van der Waals surface area (Å²) < 4.78 is 10.7. The Balaban J connectivity index is 2.90. The van der Waals surface area contributed by atoms with E-state index in [1.54, 1.807) is 14.2 Å². The van der Waals surface area contributed by atoms with E-state index in [0.717, 1.165) is 17.1 Å². The molecule has 5 heteroatoms. The summed E-state index contributed by atoms with van der Waals surface area (Å²) in [4.78, 5) is 11.1. The molecule has 1 aromatic carbocycles. The van der Waals surface area contributed by atoms with Crippen molar-refractivity contribution in [2.45, 2.75) is 32.2 Å². The predicted molar refractivity (Wildman–Crippen MR) is 77.3 cm³/mol. The third-order valence-corrected chi connectivity index (χ3v) is 3.34. The standard InChI is InChI=1S/C15H23NO4/c1-10(9-15(2,16)14(17)18)8-11-12(19-3)6-5-7-13(11)20-4/h5-7,10H,8-9,16H2,1-4H3,(H,17,18). The molecule has 0 saturated heterocycles. The third-order valence-electron chi connectivity index (χ3n) is 3.34. The molecule has 0 aliphatic heterocycles. The van der Waals surface area contributed by atoms with Gasteiger partial charge in [-0.3, -0.25) is 4.79 Å². The Morgan fingerprint density at radius 3 is 2.25 bits per heavy atom. The molecule has 3 N–H and O–H groups in total. The molecule has 0 aliphatic carbocycles. The Bertz CT molecular complexity index is 449. The minimum absolute atomic E-state index is 0.0892. The zero-order valence-corrected chi connectivity index (χ0v) is 12.5. The van der Waals surface area contributed by atoms with Crippen LogP contribution >= 0.6 is 0 Å². The summed E-state index contributed by atoms with van der Waals surface area (Å²) >= 11 is 0. The van der Waals surface area contributed by atoms with E-state index in [2.05, 4.69) is 0 Å². The van der Waals surface area contributed by atoms with Gasteiger partial charge in [0.25, 0.3) is 0 Å². The van der Waals surface area contributed by atoms with Gasteiger partial charge in [0.15, 0.2) is 0 Å². The van der Waals surface area contributed by atoms with Gasteiger partial charge >= 0.3 is 5.97 Å². The number of nitrogens with two attached hydrogens (primary N) is 1. The quantitative estimate of drug-likeness (QED) is 0.799. The molecule has 1 aromatic rings. The van der Waals surface area contributed by atoms with Crippen molar-refractivity contribution in [2.24, 2.45) is 11.7 Å². The van der Waals surface area contributed by atoms with Crippen molar-refractivity contribution < 1.29 is 19.4 Å². The number of aliphatic carboxylic acids is 1. The van der Waals surface area contributed by atoms with Crippen molar-refractivity contribution in [3.05, 3.63) is 23.8 Å². The highest BCUT2D eigenvalue weighted by Crippen LogP contribution is 2.32. The van der Waals surface area contributed by atoms with Crippen LogP contribution in [0.15, 0.2) is 18.2 Å². The second-order valence-electron chi connectivity index (χ2n) is 5.38. The fourth-order valence-electron chi connectivity index (χ4n) is 2.36. The highest BCUT2D eigenvalue weighted by atomic mass is 16.5. The summed E-state index contributed by atoms with van der Waals surface area (Å²) in [7, 11) is 3.21. The molecule has 112 valence electrons. The topological polar surface area (TPSA) is 81.8 Å².